The topological polar surface area (TPSA) is 29.1 Å². The fraction of sp³-hybridized carbons (Fsp3) is 0.308. The zero-order chi connectivity index (χ0) is 12.1. The second-order valence-corrected chi connectivity index (χ2v) is 4.71. The third-order valence-electron chi connectivity index (χ3n) is 2.34. The summed E-state index contributed by atoms with van der Waals surface area (Å²) >= 11 is 3.43. The van der Waals surface area contributed by atoms with Crippen molar-refractivity contribution in [2.24, 2.45) is 0 Å². The molecule has 86 valence electrons. The van der Waals surface area contributed by atoms with Crippen molar-refractivity contribution in [2.75, 3.05) is 5.32 Å². The summed E-state index contributed by atoms with van der Waals surface area (Å²) in [6.45, 7) is 7.57. The van der Waals surface area contributed by atoms with Crippen LogP contribution in [0.2, 0.25) is 0 Å². The van der Waals surface area contributed by atoms with E-state index in [-0.39, 0.29) is 5.91 Å². The van der Waals surface area contributed by atoms with E-state index < -0.39 is 0 Å². The Labute approximate surface area is 105 Å². The van der Waals surface area contributed by atoms with Crippen molar-refractivity contribution in [1.82, 2.24) is 0 Å². The van der Waals surface area contributed by atoms with Crippen molar-refractivity contribution in [3.63, 3.8) is 0 Å². The molecule has 0 saturated carbocycles. The van der Waals surface area contributed by atoms with Crippen LogP contribution in [0.15, 0.2) is 29.3 Å². The largest absolute Gasteiger partial charge is 0.326 e. The van der Waals surface area contributed by atoms with Gasteiger partial charge in [0.25, 0.3) is 0 Å². The molecule has 0 aliphatic rings. The molecule has 0 aromatic heterocycles. The zero-order valence-electron chi connectivity index (χ0n) is 9.64. The maximum absolute atomic E-state index is 11.6. The smallest absolute Gasteiger partial charge is 0.224 e. The highest BCUT2D eigenvalue weighted by Gasteiger charge is 2.07. The Morgan fingerprint density at radius 2 is 2.00 bits per heavy atom. The summed E-state index contributed by atoms with van der Waals surface area (Å²) in [4.78, 5) is 11.6. The molecular formula is C13H16BrNO. The first-order valence-electron chi connectivity index (χ1n) is 5.22. The molecule has 1 aromatic carbocycles. The maximum Gasteiger partial charge on any atom is 0.224 e. The lowest BCUT2D eigenvalue weighted by Gasteiger charge is -2.11. The summed E-state index contributed by atoms with van der Waals surface area (Å²) in [5.74, 6) is 0.0356. The van der Waals surface area contributed by atoms with Gasteiger partial charge in [0.1, 0.15) is 0 Å². The van der Waals surface area contributed by atoms with Gasteiger partial charge in [0.05, 0.1) is 0 Å². The van der Waals surface area contributed by atoms with Gasteiger partial charge in [-0.05, 0) is 43.5 Å². The van der Waals surface area contributed by atoms with E-state index in [1.54, 1.807) is 6.08 Å². The predicted molar refractivity (Wildman–Crippen MR) is 71.7 cm³/mol. The number of carbonyl (C=O) groups is 1. The van der Waals surface area contributed by atoms with E-state index in [9.17, 15) is 4.79 Å². The first-order valence-corrected chi connectivity index (χ1v) is 6.01. The highest BCUT2D eigenvalue weighted by Crippen LogP contribution is 2.25. The standard InChI is InChI=1S/C13H16BrNO/c1-4-5-6-12(16)15-13-9(2)7-11(14)8-10(13)3/h4,7-8H,1,5-6H2,2-3H3,(H,15,16). The quantitative estimate of drug-likeness (QED) is 0.832. The van der Waals surface area contributed by atoms with Crippen LogP contribution in [0.4, 0.5) is 5.69 Å². The van der Waals surface area contributed by atoms with Crippen molar-refractivity contribution in [1.29, 1.82) is 0 Å². The Balaban J connectivity index is 2.81. The summed E-state index contributed by atoms with van der Waals surface area (Å²) < 4.78 is 1.03. The predicted octanol–water partition coefficient (Wildman–Crippen LogP) is 3.97. The summed E-state index contributed by atoms with van der Waals surface area (Å²) in [5, 5.41) is 2.93. The summed E-state index contributed by atoms with van der Waals surface area (Å²) in [6.07, 6.45) is 2.94. The van der Waals surface area contributed by atoms with Crippen LogP contribution in [0.1, 0.15) is 24.0 Å². The summed E-state index contributed by atoms with van der Waals surface area (Å²) in [5.41, 5.74) is 3.05. The van der Waals surface area contributed by atoms with Gasteiger partial charge in [-0.3, -0.25) is 4.79 Å². The fourth-order valence-electron chi connectivity index (χ4n) is 1.54. The van der Waals surface area contributed by atoms with Gasteiger partial charge in [0.2, 0.25) is 5.91 Å². The van der Waals surface area contributed by atoms with Crippen molar-refractivity contribution >= 4 is 27.5 Å². The maximum atomic E-state index is 11.6. The molecule has 0 unspecified atom stereocenters. The number of rotatable bonds is 4. The molecule has 0 aliphatic heterocycles. The lowest BCUT2D eigenvalue weighted by atomic mass is 10.1. The average Bonchev–Trinajstić information content (AvgIpc) is 2.20. The Kier molecular flexibility index (Phi) is 4.74. The summed E-state index contributed by atoms with van der Waals surface area (Å²) in [7, 11) is 0. The van der Waals surface area contributed by atoms with E-state index in [0.29, 0.717) is 12.8 Å². The van der Waals surface area contributed by atoms with E-state index >= 15 is 0 Å². The van der Waals surface area contributed by atoms with Crippen LogP contribution in [0.25, 0.3) is 0 Å². The molecule has 0 atom stereocenters. The third kappa shape index (κ3) is 3.49. The number of allylic oxidation sites excluding steroid dienone is 1. The third-order valence-corrected chi connectivity index (χ3v) is 2.80. The molecule has 1 amide bonds. The second kappa shape index (κ2) is 5.85. The molecule has 16 heavy (non-hydrogen) atoms. The van der Waals surface area contributed by atoms with Gasteiger partial charge >= 0.3 is 0 Å². The van der Waals surface area contributed by atoms with E-state index in [1.165, 1.54) is 0 Å². The molecule has 0 aliphatic carbocycles. The molecule has 1 aromatic rings. The van der Waals surface area contributed by atoms with Crippen LogP contribution in [0, 0.1) is 13.8 Å². The van der Waals surface area contributed by atoms with Crippen LogP contribution in [-0.4, -0.2) is 5.91 Å². The van der Waals surface area contributed by atoms with Crippen LogP contribution < -0.4 is 5.32 Å². The van der Waals surface area contributed by atoms with Crippen LogP contribution in [-0.2, 0) is 4.79 Å². The van der Waals surface area contributed by atoms with Gasteiger partial charge in [-0.15, -0.1) is 6.58 Å². The number of amides is 1. The Bertz CT molecular complexity index is 389. The highest BCUT2D eigenvalue weighted by atomic mass is 79.9. The number of nitrogens with one attached hydrogen (secondary N) is 1. The number of anilines is 1. The number of carbonyl (C=O) groups excluding carboxylic acids is 1. The van der Waals surface area contributed by atoms with Gasteiger partial charge in [-0.25, -0.2) is 0 Å². The van der Waals surface area contributed by atoms with E-state index in [0.717, 1.165) is 21.3 Å². The normalized spacial score (nSPS) is 9.94. The molecule has 0 bridgehead atoms. The Hall–Kier alpha value is -1.09. The SMILES string of the molecule is C=CCCC(=O)Nc1c(C)cc(Br)cc1C. The molecule has 0 spiro atoms. The fourth-order valence-corrected chi connectivity index (χ4v) is 2.23. The number of aryl methyl sites for hydroxylation is 2. The Morgan fingerprint density at radius 3 is 2.50 bits per heavy atom. The molecule has 2 nitrogen and oxygen atoms in total. The highest BCUT2D eigenvalue weighted by molar-refractivity contribution is 9.10. The van der Waals surface area contributed by atoms with Crippen LogP contribution in [0.5, 0.6) is 0 Å². The van der Waals surface area contributed by atoms with Crippen molar-refractivity contribution < 1.29 is 4.79 Å². The number of benzene rings is 1. The second-order valence-electron chi connectivity index (χ2n) is 3.79. The van der Waals surface area contributed by atoms with Crippen molar-refractivity contribution in [2.45, 2.75) is 26.7 Å². The molecule has 0 heterocycles. The molecule has 0 saturated heterocycles. The van der Waals surface area contributed by atoms with E-state index in [4.69, 9.17) is 0 Å². The Morgan fingerprint density at radius 1 is 1.44 bits per heavy atom. The molecule has 3 heteroatoms. The van der Waals surface area contributed by atoms with Gasteiger partial charge in [-0.1, -0.05) is 22.0 Å². The van der Waals surface area contributed by atoms with E-state index in [1.807, 2.05) is 26.0 Å². The molecule has 1 rings (SSSR count). The van der Waals surface area contributed by atoms with Crippen LogP contribution in [0.3, 0.4) is 0 Å². The van der Waals surface area contributed by atoms with Gasteiger partial charge in [-0.2, -0.15) is 0 Å². The number of hydrogen-bond donors (Lipinski definition) is 1. The minimum absolute atomic E-state index is 0.0356. The first kappa shape index (κ1) is 13.0. The molecular weight excluding hydrogens is 266 g/mol. The zero-order valence-corrected chi connectivity index (χ0v) is 11.2. The first-order chi connectivity index (χ1) is 7.54. The molecule has 1 N–H and O–H groups in total. The number of halogens is 1. The van der Waals surface area contributed by atoms with E-state index in [2.05, 4.69) is 27.8 Å². The van der Waals surface area contributed by atoms with Crippen molar-refractivity contribution in [3.8, 4) is 0 Å². The lowest BCUT2D eigenvalue weighted by molar-refractivity contribution is -0.116. The lowest BCUT2D eigenvalue weighted by Crippen LogP contribution is -2.12. The minimum Gasteiger partial charge on any atom is -0.326 e. The summed E-state index contributed by atoms with van der Waals surface area (Å²) in [6, 6.07) is 3.99. The van der Waals surface area contributed by atoms with Gasteiger partial charge in [0.15, 0.2) is 0 Å². The van der Waals surface area contributed by atoms with Gasteiger partial charge < -0.3 is 5.32 Å². The van der Waals surface area contributed by atoms with Gasteiger partial charge in [0, 0.05) is 16.6 Å². The molecule has 0 fully saturated rings. The monoisotopic (exact) mass is 281 g/mol. The number of hydrogen-bond acceptors (Lipinski definition) is 1. The average molecular weight is 282 g/mol. The molecule has 0 radical (unpaired) electrons. The minimum atomic E-state index is 0.0356. The van der Waals surface area contributed by atoms with Crippen LogP contribution >= 0.6 is 15.9 Å². The van der Waals surface area contributed by atoms with Crippen molar-refractivity contribution in [3.05, 3.63) is 40.4 Å².